The summed E-state index contributed by atoms with van der Waals surface area (Å²) in [6.07, 6.45) is 14.0. The molecule has 4 aliphatic rings. The molecule has 0 aliphatic heterocycles. The molecule has 20 heavy (non-hydrogen) atoms. The monoisotopic (exact) mass is 268 g/mol. The first-order valence-electron chi connectivity index (χ1n) is 8.20. The number of carbonyl (C=O) groups is 1. The van der Waals surface area contributed by atoms with Gasteiger partial charge in [-0.3, -0.25) is 4.79 Å². The quantitative estimate of drug-likeness (QED) is 0.593. The Morgan fingerprint density at radius 1 is 1.35 bits per heavy atom. The van der Waals surface area contributed by atoms with Crippen molar-refractivity contribution in [2.75, 3.05) is 0 Å². The van der Waals surface area contributed by atoms with Crippen molar-refractivity contribution in [2.24, 2.45) is 29.1 Å². The second-order valence-corrected chi connectivity index (χ2v) is 7.55. The van der Waals surface area contributed by atoms with Gasteiger partial charge in [0.05, 0.1) is 0 Å². The highest BCUT2D eigenvalue weighted by Gasteiger charge is 2.55. The highest BCUT2D eigenvalue weighted by atomic mass is 16.1. The molecule has 2 saturated carbocycles. The van der Waals surface area contributed by atoms with Crippen LogP contribution in [0.1, 0.15) is 45.4 Å². The predicted octanol–water partition coefficient (Wildman–Crippen LogP) is 4.46. The molecule has 1 nitrogen and oxygen atoms in total. The van der Waals surface area contributed by atoms with Crippen molar-refractivity contribution in [3.05, 3.63) is 36.0 Å². The van der Waals surface area contributed by atoms with E-state index in [4.69, 9.17) is 0 Å². The summed E-state index contributed by atoms with van der Waals surface area (Å²) in [6, 6.07) is 0. The largest absolute Gasteiger partial charge is 0.294 e. The van der Waals surface area contributed by atoms with Crippen molar-refractivity contribution in [1.82, 2.24) is 0 Å². The van der Waals surface area contributed by atoms with E-state index in [0.29, 0.717) is 23.5 Å². The van der Waals surface area contributed by atoms with E-state index in [9.17, 15) is 4.79 Å². The minimum absolute atomic E-state index is 0.172. The van der Waals surface area contributed by atoms with Crippen molar-refractivity contribution < 1.29 is 4.79 Å². The molecule has 0 radical (unpaired) electrons. The van der Waals surface area contributed by atoms with E-state index in [2.05, 4.69) is 25.7 Å². The second-order valence-electron chi connectivity index (χ2n) is 7.55. The van der Waals surface area contributed by atoms with E-state index in [-0.39, 0.29) is 5.41 Å². The average molecular weight is 268 g/mol. The number of ketones is 1. The number of allylic oxidation sites excluding steroid dienone is 5. The third-order valence-corrected chi connectivity index (χ3v) is 6.54. The Balaban J connectivity index is 1.73. The number of hydrogen-bond donors (Lipinski definition) is 0. The normalized spacial score (nSPS) is 46.5. The number of rotatable bonds is 0. The minimum Gasteiger partial charge on any atom is -0.294 e. The first-order valence-corrected chi connectivity index (χ1v) is 8.20. The molecule has 0 N–H and O–H groups in total. The Morgan fingerprint density at radius 2 is 2.20 bits per heavy atom. The zero-order valence-electron chi connectivity index (χ0n) is 12.4. The third-order valence-electron chi connectivity index (χ3n) is 6.54. The van der Waals surface area contributed by atoms with E-state index in [1.54, 1.807) is 5.57 Å². The highest BCUT2D eigenvalue weighted by Crippen LogP contribution is 2.60. The lowest BCUT2D eigenvalue weighted by molar-refractivity contribution is -0.126. The van der Waals surface area contributed by atoms with Crippen molar-refractivity contribution >= 4 is 5.78 Å². The SMILES string of the molecule is C=C1C[C@]2(C)C(=O)C=C[C@H]2[C@@H]2CCC3=CCCC[C@@H]3[C@@H]12. The van der Waals surface area contributed by atoms with Crippen molar-refractivity contribution in [1.29, 1.82) is 0 Å². The number of fused-ring (bicyclic) bond motifs is 5. The predicted molar refractivity (Wildman–Crippen MR) is 81.1 cm³/mol. The molecule has 0 aromatic carbocycles. The molecule has 1 heteroatoms. The molecule has 0 bridgehead atoms. The van der Waals surface area contributed by atoms with Gasteiger partial charge in [0.1, 0.15) is 0 Å². The van der Waals surface area contributed by atoms with Gasteiger partial charge in [-0.2, -0.15) is 0 Å². The maximum Gasteiger partial charge on any atom is 0.162 e. The van der Waals surface area contributed by atoms with Gasteiger partial charge in [-0.05, 0) is 68.3 Å². The van der Waals surface area contributed by atoms with Crippen LogP contribution in [0.5, 0.6) is 0 Å². The van der Waals surface area contributed by atoms with Crippen molar-refractivity contribution in [3.63, 3.8) is 0 Å². The Kier molecular flexibility index (Phi) is 2.64. The standard InChI is InChI=1S/C19H24O/c1-12-11-19(2)16(9-10-17(19)20)15-8-7-13-5-3-4-6-14(13)18(12)15/h5,9-10,14-16,18H,1,3-4,6-8,11H2,2H3/t14-,15-,16-,18+,19-/m0/s1. The molecule has 0 unspecified atom stereocenters. The summed E-state index contributed by atoms with van der Waals surface area (Å²) in [5.41, 5.74) is 2.90. The van der Waals surface area contributed by atoms with Crippen LogP contribution in [-0.2, 0) is 4.79 Å². The van der Waals surface area contributed by atoms with E-state index < -0.39 is 0 Å². The molecule has 0 heterocycles. The van der Waals surface area contributed by atoms with E-state index in [0.717, 1.165) is 12.3 Å². The van der Waals surface area contributed by atoms with Crippen LogP contribution in [0.25, 0.3) is 0 Å². The minimum atomic E-state index is -0.172. The van der Waals surface area contributed by atoms with Crippen LogP contribution in [0.2, 0.25) is 0 Å². The lowest BCUT2D eigenvalue weighted by Gasteiger charge is -2.52. The second kappa shape index (κ2) is 4.19. The molecule has 4 rings (SSSR count). The van der Waals surface area contributed by atoms with Crippen LogP contribution in [0.15, 0.2) is 36.0 Å². The maximum absolute atomic E-state index is 12.3. The Bertz CT molecular complexity index is 538. The van der Waals surface area contributed by atoms with Gasteiger partial charge < -0.3 is 0 Å². The molecular formula is C19H24O. The Hall–Kier alpha value is -1.11. The fraction of sp³-hybridized carbons (Fsp3) is 0.632. The summed E-state index contributed by atoms with van der Waals surface area (Å²) in [5, 5.41) is 0. The summed E-state index contributed by atoms with van der Waals surface area (Å²) in [7, 11) is 0. The summed E-state index contributed by atoms with van der Waals surface area (Å²) < 4.78 is 0. The third kappa shape index (κ3) is 1.52. The van der Waals surface area contributed by atoms with Crippen molar-refractivity contribution in [2.45, 2.75) is 45.4 Å². The Labute approximate surface area is 121 Å². The zero-order chi connectivity index (χ0) is 13.9. The summed E-state index contributed by atoms with van der Waals surface area (Å²) in [6.45, 7) is 6.60. The zero-order valence-corrected chi connectivity index (χ0v) is 12.4. The molecular weight excluding hydrogens is 244 g/mol. The molecule has 4 aliphatic carbocycles. The van der Waals surface area contributed by atoms with Gasteiger partial charge in [0.15, 0.2) is 5.78 Å². The van der Waals surface area contributed by atoms with Gasteiger partial charge in [-0.1, -0.05) is 36.8 Å². The fourth-order valence-corrected chi connectivity index (χ4v) is 5.63. The van der Waals surface area contributed by atoms with Gasteiger partial charge >= 0.3 is 0 Å². The van der Waals surface area contributed by atoms with Crippen LogP contribution in [-0.4, -0.2) is 5.78 Å². The lowest BCUT2D eigenvalue weighted by atomic mass is 9.51. The molecule has 0 saturated heterocycles. The lowest BCUT2D eigenvalue weighted by Crippen LogP contribution is -2.47. The van der Waals surface area contributed by atoms with Gasteiger partial charge in [-0.15, -0.1) is 0 Å². The van der Waals surface area contributed by atoms with Gasteiger partial charge in [0, 0.05) is 5.41 Å². The van der Waals surface area contributed by atoms with E-state index in [1.165, 1.54) is 37.7 Å². The van der Waals surface area contributed by atoms with Crippen molar-refractivity contribution in [3.8, 4) is 0 Å². The van der Waals surface area contributed by atoms with Crippen LogP contribution >= 0.6 is 0 Å². The molecule has 2 fully saturated rings. The molecule has 106 valence electrons. The first kappa shape index (κ1) is 12.6. The summed E-state index contributed by atoms with van der Waals surface area (Å²) >= 11 is 0. The number of hydrogen-bond acceptors (Lipinski definition) is 1. The first-order chi connectivity index (χ1) is 9.61. The smallest absolute Gasteiger partial charge is 0.162 e. The van der Waals surface area contributed by atoms with Gasteiger partial charge in [0.25, 0.3) is 0 Å². The molecule has 0 aromatic heterocycles. The van der Waals surface area contributed by atoms with Crippen LogP contribution in [0, 0.1) is 29.1 Å². The fourth-order valence-electron chi connectivity index (χ4n) is 5.63. The molecule has 0 aromatic rings. The van der Waals surface area contributed by atoms with Gasteiger partial charge in [0.2, 0.25) is 0 Å². The summed E-state index contributed by atoms with van der Waals surface area (Å²) in [4.78, 5) is 12.3. The molecule has 0 amide bonds. The van der Waals surface area contributed by atoms with Gasteiger partial charge in [-0.25, -0.2) is 0 Å². The Morgan fingerprint density at radius 3 is 3.05 bits per heavy atom. The van der Waals surface area contributed by atoms with Crippen LogP contribution in [0.4, 0.5) is 0 Å². The molecule has 5 atom stereocenters. The van der Waals surface area contributed by atoms with E-state index >= 15 is 0 Å². The van der Waals surface area contributed by atoms with Crippen LogP contribution < -0.4 is 0 Å². The number of carbonyl (C=O) groups excluding carboxylic acids is 1. The average Bonchev–Trinajstić information content (AvgIpc) is 2.74. The van der Waals surface area contributed by atoms with E-state index in [1.807, 2.05) is 6.08 Å². The topological polar surface area (TPSA) is 17.1 Å². The maximum atomic E-state index is 12.3. The molecule has 0 spiro atoms. The summed E-state index contributed by atoms with van der Waals surface area (Å²) in [5.74, 6) is 2.85. The van der Waals surface area contributed by atoms with Crippen LogP contribution in [0.3, 0.4) is 0 Å². The highest BCUT2D eigenvalue weighted by molar-refractivity contribution is 5.98.